The molecule has 1 aliphatic rings. The highest BCUT2D eigenvalue weighted by atomic mass is 32.2. The van der Waals surface area contributed by atoms with E-state index in [1.807, 2.05) is 4.57 Å². The quantitative estimate of drug-likeness (QED) is 0.449. The van der Waals surface area contributed by atoms with Crippen LogP contribution in [-0.2, 0) is 29.9 Å². The van der Waals surface area contributed by atoms with Crippen LogP contribution in [-0.4, -0.2) is 23.3 Å². The molecule has 1 aliphatic carbocycles. The largest absolute Gasteiger partial charge is 0.383 e. The number of thioether (sulfide) groups is 1. The van der Waals surface area contributed by atoms with Crippen molar-refractivity contribution in [2.24, 2.45) is 0 Å². The lowest BCUT2D eigenvalue weighted by Gasteiger charge is -2.13. The first-order valence-corrected chi connectivity index (χ1v) is 11.2. The number of nitrogens with zero attached hydrogens (tertiary/aromatic N) is 2. The lowest BCUT2D eigenvalue weighted by Crippen LogP contribution is -2.25. The van der Waals surface area contributed by atoms with Gasteiger partial charge < -0.3 is 4.74 Å². The molecule has 0 N–H and O–H groups in total. The molecule has 0 saturated carbocycles. The molecule has 1 aromatic carbocycles. The number of ether oxygens (including phenoxy) is 1. The summed E-state index contributed by atoms with van der Waals surface area (Å²) in [4.78, 5) is 20.5. The molecule has 0 saturated heterocycles. The van der Waals surface area contributed by atoms with Crippen molar-refractivity contribution in [1.29, 1.82) is 0 Å². The van der Waals surface area contributed by atoms with E-state index < -0.39 is 0 Å². The highest BCUT2D eigenvalue weighted by molar-refractivity contribution is 7.98. The number of rotatable bonds is 6. The van der Waals surface area contributed by atoms with Crippen LogP contribution in [0.15, 0.2) is 34.2 Å². The van der Waals surface area contributed by atoms with E-state index in [2.05, 4.69) is 31.2 Å². The molecule has 0 unspecified atom stereocenters. The molecule has 0 radical (unpaired) electrons. The van der Waals surface area contributed by atoms with Gasteiger partial charge in [0, 0.05) is 17.7 Å². The molecule has 2 aromatic heterocycles. The minimum absolute atomic E-state index is 0.100. The first-order valence-electron chi connectivity index (χ1n) is 9.39. The number of methoxy groups -OCH3 is 1. The van der Waals surface area contributed by atoms with Gasteiger partial charge in [0.05, 0.1) is 18.5 Å². The molecule has 27 heavy (non-hydrogen) atoms. The predicted molar refractivity (Wildman–Crippen MR) is 113 cm³/mol. The van der Waals surface area contributed by atoms with E-state index in [4.69, 9.17) is 9.72 Å². The lowest BCUT2D eigenvalue weighted by molar-refractivity contribution is 0.183. The van der Waals surface area contributed by atoms with Gasteiger partial charge in [-0.1, -0.05) is 41.6 Å². The van der Waals surface area contributed by atoms with Gasteiger partial charge >= 0.3 is 0 Å². The molecule has 4 rings (SSSR count). The second-order valence-electron chi connectivity index (χ2n) is 7.01. The van der Waals surface area contributed by atoms with Crippen LogP contribution in [0.4, 0.5) is 0 Å². The zero-order chi connectivity index (χ0) is 18.8. The Hall–Kier alpha value is -1.63. The van der Waals surface area contributed by atoms with E-state index in [-0.39, 0.29) is 5.56 Å². The van der Waals surface area contributed by atoms with Crippen LogP contribution in [0.1, 0.15) is 34.4 Å². The van der Waals surface area contributed by atoms with Gasteiger partial charge in [-0.15, -0.1) is 11.3 Å². The maximum absolute atomic E-state index is 13.3. The average Bonchev–Trinajstić information content (AvgIpc) is 3.04. The average molecular weight is 401 g/mol. The van der Waals surface area contributed by atoms with Gasteiger partial charge in [-0.25, -0.2) is 4.98 Å². The summed E-state index contributed by atoms with van der Waals surface area (Å²) in [5.41, 5.74) is 3.85. The standard InChI is InChI=1S/C21H24N2O2S2/c1-14-6-5-7-15(12-14)13-26-21-22-19-18(20(24)23(21)10-11-25-2)16-8-3-4-9-17(16)27-19/h5-7,12H,3-4,8-11,13H2,1-2H3. The van der Waals surface area contributed by atoms with Gasteiger partial charge in [-0.3, -0.25) is 9.36 Å². The van der Waals surface area contributed by atoms with Gasteiger partial charge in [0.2, 0.25) is 0 Å². The summed E-state index contributed by atoms with van der Waals surface area (Å²) in [7, 11) is 1.67. The molecule has 0 bridgehead atoms. The van der Waals surface area contributed by atoms with E-state index in [0.717, 1.165) is 34.0 Å². The van der Waals surface area contributed by atoms with Crippen molar-refractivity contribution in [3.8, 4) is 0 Å². The van der Waals surface area contributed by atoms with Gasteiger partial charge in [0.1, 0.15) is 4.83 Å². The second-order valence-corrected chi connectivity index (χ2v) is 9.04. The van der Waals surface area contributed by atoms with Crippen LogP contribution in [0.25, 0.3) is 10.2 Å². The summed E-state index contributed by atoms with van der Waals surface area (Å²) >= 11 is 3.35. The third kappa shape index (κ3) is 3.84. The maximum Gasteiger partial charge on any atom is 0.263 e. The van der Waals surface area contributed by atoms with Crippen molar-refractivity contribution >= 4 is 33.3 Å². The van der Waals surface area contributed by atoms with Crippen LogP contribution in [0.3, 0.4) is 0 Å². The number of thiophene rings is 1. The Morgan fingerprint density at radius 3 is 2.96 bits per heavy atom. The van der Waals surface area contributed by atoms with E-state index in [1.165, 1.54) is 34.4 Å². The van der Waals surface area contributed by atoms with Crippen molar-refractivity contribution in [1.82, 2.24) is 9.55 Å². The smallest absolute Gasteiger partial charge is 0.263 e. The number of fused-ring (bicyclic) bond motifs is 3. The fraction of sp³-hybridized carbons (Fsp3) is 0.429. The fourth-order valence-corrected chi connectivity index (χ4v) is 5.93. The number of aryl methyl sites for hydroxylation is 3. The minimum atomic E-state index is 0.100. The van der Waals surface area contributed by atoms with Crippen LogP contribution in [0.5, 0.6) is 0 Å². The van der Waals surface area contributed by atoms with Crippen molar-refractivity contribution in [3.05, 3.63) is 56.2 Å². The first-order chi connectivity index (χ1) is 13.2. The molecule has 3 aromatic rings. The summed E-state index contributed by atoms with van der Waals surface area (Å²) in [6.07, 6.45) is 4.47. The Bertz CT molecular complexity index is 1020. The number of hydrogen-bond acceptors (Lipinski definition) is 5. The summed E-state index contributed by atoms with van der Waals surface area (Å²) < 4.78 is 7.06. The highest BCUT2D eigenvalue weighted by Crippen LogP contribution is 2.35. The molecule has 2 heterocycles. The second kappa shape index (κ2) is 8.17. The van der Waals surface area contributed by atoms with Crippen LogP contribution in [0.2, 0.25) is 0 Å². The fourth-order valence-electron chi connectivity index (χ4n) is 3.66. The molecule has 4 nitrogen and oxygen atoms in total. The Balaban J connectivity index is 1.74. The first kappa shape index (κ1) is 18.7. The van der Waals surface area contributed by atoms with Crippen LogP contribution in [0, 0.1) is 6.92 Å². The van der Waals surface area contributed by atoms with Crippen molar-refractivity contribution in [2.45, 2.75) is 50.1 Å². The molecule has 142 valence electrons. The van der Waals surface area contributed by atoms with E-state index in [0.29, 0.717) is 13.2 Å². The van der Waals surface area contributed by atoms with Gasteiger partial charge in [-0.05, 0) is 43.7 Å². The van der Waals surface area contributed by atoms with Crippen LogP contribution >= 0.6 is 23.1 Å². The Morgan fingerprint density at radius 2 is 2.15 bits per heavy atom. The zero-order valence-electron chi connectivity index (χ0n) is 15.8. The monoisotopic (exact) mass is 400 g/mol. The van der Waals surface area contributed by atoms with E-state index in [1.54, 1.807) is 30.2 Å². The third-order valence-corrected chi connectivity index (χ3v) is 7.24. The minimum Gasteiger partial charge on any atom is -0.383 e. The predicted octanol–water partition coefficient (Wildman–Crippen LogP) is 4.58. The van der Waals surface area contributed by atoms with E-state index >= 15 is 0 Å². The van der Waals surface area contributed by atoms with Gasteiger partial charge in [-0.2, -0.15) is 0 Å². The van der Waals surface area contributed by atoms with Crippen molar-refractivity contribution in [3.63, 3.8) is 0 Å². The van der Waals surface area contributed by atoms with Crippen molar-refractivity contribution in [2.75, 3.05) is 13.7 Å². The topological polar surface area (TPSA) is 44.1 Å². The summed E-state index contributed by atoms with van der Waals surface area (Å²) in [5, 5.41) is 1.65. The SMILES string of the molecule is COCCn1c(SCc2cccc(C)c2)nc2sc3c(c2c1=O)CCCC3. The highest BCUT2D eigenvalue weighted by Gasteiger charge is 2.22. The Kier molecular flexibility index (Phi) is 5.66. The van der Waals surface area contributed by atoms with Gasteiger partial charge in [0.25, 0.3) is 5.56 Å². The normalized spacial score (nSPS) is 13.9. The third-order valence-electron chi connectivity index (χ3n) is 5.01. The van der Waals surface area contributed by atoms with Crippen LogP contribution < -0.4 is 5.56 Å². The molecule has 0 amide bonds. The summed E-state index contributed by atoms with van der Waals surface area (Å²) in [6, 6.07) is 8.49. The Labute approximate surface area is 167 Å². The summed E-state index contributed by atoms with van der Waals surface area (Å²) in [6.45, 7) is 3.15. The molecular formula is C21H24N2O2S2. The molecule has 6 heteroatoms. The summed E-state index contributed by atoms with van der Waals surface area (Å²) in [5.74, 6) is 0.803. The van der Waals surface area contributed by atoms with E-state index in [9.17, 15) is 4.79 Å². The molecule has 0 aliphatic heterocycles. The molecular weight excluding hydrogens is 376 g/mol. The Morgan fingerprint density at radius 1 is 1.30 bits per heavy atom. The molecule has 0 atom stereocenters. The van der Waals surface area contributed by atoms with Crippen molar-refractivity contribution < 1.29 is 4.74 Å². The molecule has 0 fully saturated rings. The zero-order valence-corrected chi connectivity index (χ0v) is 17.4. The molecule has 0 spiro atoms. The number of hydrogen-bond donors (Lipinski definition) is 0. The number of benzene rings is 1. The lowest BCUT2D eigenvalue weighted by atomic mass is 9.97. The maximum atomic E-state index is 13.3. The van der Waals surface area contributed by atoms with Gasteiger partial charge in [0.15, 0.2) is 5.16 Å². The number of aromatic nitrogens is 2.